The maximum absolute atomic E-state index is 13.0. The lowest BCUT2D eigenvalue weighted by Crippen LogP contribution is -2.28. The van der Waals surface area contributed by atoms with Gasteiger partial charge in [0.25, 0.3) is 0 Å². The van der Waals surface area contributed by atoms with E-state index in [1.807, 2.05) is 0 Å². The normalized spacial score (nSPS) is 11.1. The second-order valence-corrected chi connectivity index (χ2v) is 4.53. The summed E-state index contributed by atoms with van der Waals surface area (Å²) in [7, 11) is 1.63. The summed E-state index contributed by atoms with van der Waals surface area (Å²) in [6.07, 6.45) is 0. The molecule has 0 aliphatic carbocycles. The monoisotopic (exact) mass is 307 g/mol. The number of hydrogen-bond donors (Lipinski definition) is 0. The van der Waals surface area contributed by atoms with Crippen LogP contribution in [-0.2, 0) is 11.3 Å². The Labute approximate surface area is 109 Å². The van der Waals surface area contributed by atoms with Gasteiger partial charge in [-0.25, -0.2) is 8.78 Å². The van der Waals surface area contributed by atoms with Crippen LogP contribution in [0.3, 0.4) is 0 Å². The second-order valence-electron chi connectivity index (χ2n) is 3.74. The van der Waals surface area contributed by atoms with Crippen molar-refractivity contribution in [2.24, 2.45) is 0 Å². The summed E-state index contributed by atoms with van der Waals surface area (Å²) in [5.41, 5.74) is 0.638. The predicted molar refractivity (Wildman–Crippen MR) is 67.3 cm³/mol. The highest BCUT2D eigenvalue weighted by atomic mass is 79.9. The molecule has 1 rings (SSSR count). The van der Waals surface area contributed by atoms with E-state index in [0.29, 0.717) is 18.7 Å². The predicted octanol–water partition coefficient (Wildman–Crippen LogP) is 2.81. The average Bonchev–Trinajstić information content (AvgIpc) is 2.24. The Kier molecular flexibility index (Phi) is 6.62. The van der Waals surface area contributed by atoms with E-state index in [2.05, 4.69) is 20.8 Å². The molecular formula is C12H16BrF2NO. The van der Waals surface area contributed by atoms with Crippen LogP contribution in [0.5, 0.6) is 0 Å². The van der Waals surface area contributed by atoms with Crippen LogP contribution in [-0.4, -0.2) is 37.0 Å². The zero-order valence-corrected chi connectivity index (χ0v) is 11.3. The number of rotatable bonds is 7. The fourth-order valence-corrected chi connectivity index (χ4v) is 2.07. The molecule has 96 valence electrons. The summed E-state index contributed by atoms with van der Waals surface area (Å²) >= 11 is 3.35. The maximum atomic E-state index is 13.0. The molecule has 0 radical (unpaired) electrons. The highest BCUT2D eigenvalue weighted by Crippen LogP contribution is 2.10. The van der Waals surface area contributed by atoms with Gasteiger partial charge >= 0.3 is 0 Å². The fourth-order valence-electron chi connectivity index (χ4n) is 1.57. The topological polar surface area (TPSA) is 12.5 Å². The van der Waals surface area contributed by atoms with E-state index in [1.54, 1.807) is 7.11 Å². The summed E-state index contributed by atoms with van der Waals surface area (Å²) in [4.78, 5) is 2.08. The van der Waals surface area contributed by atoms with Gasteiger partial charge in [0.15, 0.2) is 0 Å². The molecule has 0 N–H and O–H groups in total. The van der Waals surface area contributed by atoms with Gasteiger partial charge in [0, 0.05) is 38.1 Å². The Morgan fingerprint density at radius 3 is 2.35 bits per heavy atom. The van der Waals surface area contributed by atoms with E-state index in [0.717, 1.165) is 24.5 Å². The van der Waals surface area contributed by atoms with E-state index in [-0.39, 0.29) is 0 Å². The van der Waals surface area contributed by atoms with Crippen LogP contribution in [0, 0.1) is 11.6 Å². The van der Waals surface area contributed by atoms with Gasteiger partial charge in [-0.2, -0.15) is 0 Å². The molecule has 0 amide bonds. The van der Waals surface area contributed by atoms with Gasteiger partial charge < -0.3 is 4.74 Å². The third-order valence-electron chi connectivity index (χ3n) is 2.34. The van der Waals surface area contributed by atoms with Gasteiger partial charge in [0.1, 0.15) is 11.6 Å². The van der Waals surface area contributed by atoms with Crippen molar-refractivity contribution in [2.45, 2.75) is 6.54 Å². The number of alkyl halides is 1. The fraction of sp³-hybridized carbons (Fsp3) is 0.500. The highest BCUT2D eigenvalue weighted by molar-refractivity contribution is 9.09. The summed E-state index contributed by atoms with van der Waals surface area (Å²) in [5.74, 6) is -1.07. The van der Waals surface area contributed by atoms with Crippen LogP contribution in [0.15, 0.2) is 18.2 Å². The van der Waals surface area contributed by atoms with Crippen molar-refractivity contribution < 1.29 is 13.5 Å². The molecule has 0 unspecified atom stereocenters. The van der Waals surface area contributed by atoms with Crippen molar-refractivity contribution in [3.8, 4) is 0 Å². The van der Waals surface area contributed by atoms with Crippen LogP contribution in [0.2, 0.25) is 0 Å². The molecule has 0 aromatic heterocycles. The van der Waals surface area contributed by atoms with Crippen LogP contribution in [0.25, 0.3) is 0 Å². The standard InChI is InChI=1S/C12H16BrF2NO/c1-17-5-4-16(3-2-13)9-10-6-11(14)8-12(15)7-10/h6-8H,2-5,9H2,1H3. The molecule has 0 bridgehead atoms. The lowest BCUT2D eigenvalue weighted by Gasteiger charge is -2.20. The molecule has 5 heteroatoms. The Bertz CT molecular complexity index is 329. The SMILES string of the molecule is COCCN(CCBr)Cc1cc(F)cc(F)c1. The molecule has 0 saturated heterocycles. The first-order valence-corrected chi connectivity index (χ1v) is 6.50. The smallest absolute Gasteiger partial charge is 0.126 e. The minimum atomic E-state index is -0.537. The molecule has 17 heavy (non-hydrogen) atoms. The van der Waals surface area contributed by atoms with Gasteiger partial charge in [0.05, 0.1) is 6.61 Å². The molecule has 0 saturated carbocycles. The molecule has 0 aliphatic rings. The number of ether oxygens (including phenoxy) is 1. The second kappa shape index (κ2) is 7.74. The van der Waals surface area contributed by atoms with Crippen molar-refractivity contribution in [3.05, 3.63) is 35.4 Å². The maximum Gasteiger partial charge on any atom is 0.126 e. The quantitative estimate of drug-likeness (QED) is 0.718. The van der Waals surface area contributed by atoms with E-state index in [4.69, 9.17) is 4.74 Å². The average molecular weight is 308 g/mol. The lowest BCUT2D eigenvalue weighted by molar-refractivity contribution is 0.148. The van der Waals surface area contributed by atoms with Gasteiger partial charge in [-0.1, -0.05) is 15.9 Å². The lowest BCUT2D eigenvalue weighted by atomic mass is 10.2. The van der Waals surface area contributed by atoms with Gasteiger partial charge in [-0.3, -0.25) is 4.90 Å². The van der Waals surface area contributed by atoms with Gasteiger partial charge in [-0.15, -0.1) is 0 Å². The van der Waals surface area contributed by atoms with Crippen LogP contribution in [0.4, 0.5) is 8.78 Å². The van der Waals surface area contributed by atoms with E-state index >= 15 is 0 Å². The van der Waals surface area contributed by atoms with Crippen molar-refractivity contribution in [3.63, 3.8) is 0 Å². The largest absolute Gasteiger partial charge is 0.383 e. The zero-order valence-electron chi connectivity index (χ0n) is 9.76. The highest BCUT2D eigenvalue weighted by Gasteiger charge is 2.07. The van der Waals surface area contributed by atoms with Crippen molar-refractivity contribution in [1.82, 2.24) is 4.90 Å². The van der Waals surface area contributed by atoms with Crippen molar-refractivity contribution >= 4 is 15.9 Å². The summed E-state index contributed by atoms with van der Waals surface area (Å²) in [6, 6.07) is 3.60. The number of hydrogen-bond acceptors (Lipinski definition) is 2. The minimum absolute atomic E-state index is 0.518. The Morgan fingerprint density at radius 1 is 1.18 bits per heavy atom. The third kappa shape index (κ3) is 5.57. The van der Waals surface area contributed by atoms with Crippen LogP contribution >= 0.6 is 15.9 Å². The molecule has 2 nitrogen and oxygen atoms in total. The summed E-state index contributed by atoms with van der Waals surface area (Å²) < 4.78 is 31.0. The number of halogens is 3. The van der Waals surface area contributed by atoms with E-state index in [9.17, 15) is 8.78 Å². The Balaban J connectivity index is 2.63. The third-order valence-corrected chi connectivity index (χ3v) is 2.70. The zero-order chi connectivity index (χ0) is 12.7. The molecule has 0 fully saturated rings. The Hall–Kier alpha value is -0.520. The van der Waals surface area contributed by atoms with Crippen molar-refractivity contribution in [1.29, 1.82) is 0 Å². The van der Waals surface area contributed by atoms with Gasteiger partial charge in [-0.05, 0) is 17.7 Å². The molecule has 1 aromatic carbocycles. The Morgan fingerprint density at radius 2 is 1.82 bits per heavy atom. The molecule has 0 atom stereocenters. The first-order chi connectivity index (χ1) is 8.15. The van der Waals surface area contributed by atoms with E-state index in [1.165, 1.54) is 12.1 Å². The van der Waals surface area contributed by atoms with Crippen LogP contribution in [0.1, 0.15) is 5.56 Å². The molecule has 0 heterocycles. The van der Waals surface area contributed by atoms with Crippen LogP contribution < -0.4 is 0 Å². The molecule has 1 aromatic rings. The molecule has 0 aliphatic heterocycles. The molecule has 0 spiro atoms. The van der Waals surface area contributed by atoms with E-state index < -0.39 is 11.6 Å². The number of benzene rings is 1. The number of methoxy groups -OCH3 is 1. The first-order valence-electron chi connectivity index (χ1n) is 5.38. The summed E-state index contributed by atoms with van der Waals surface area (Å²) in [5, 5.41) is 0.814. The van der Waals surface area contributed by atoms with Crippen molar-refractivity contribution in [2.75, 3.05) is 32.1 Å². The molecular weight excluding hydrogens is 292 g/mol. The first kappa shape index (κ1) is 14.5. The van der Waals surface area contributed by atoms with Gasteiger partial charge in [0.2, 0.25) is 0 Å². The minimum Gasteiger partial charge on any atom is -0.383 e. The number of nitrogens with zero attached hydrogens (tertiary/aromatic N) is 1. The summed E-state index contributed by atoms with van der Waals surface area (Å²) in [6.45, 7) is 2.66.